The molecule has 0 aliphatic heterocycles. The van der Waals surface area contributed by atoms with Crippen LogP contribution in [-0.2, 0) is 4.79 Å². The van der Waals surface area contributed by atoms with Gasteiger partial charge in [0.15, 0.2) is 0 Å². The summed E-state index contributed by atoms with van der Waals surface area (Å²) >= 11 is 0. The molecule has 0 bridgehead atoms. The molecule has 1 aromatic rings. The lowest BCUT2D eigenvalue weighted by Crippen LogP contribution is -1.85. The molecule has 0 aromatic heterocycles. The Morgan fingerprint density at radius 1 is 1.27 bits per heavy atom. The molecular weight excluding hydrogens is 188 g/mol. The summed E-state index contributed by atoms with van der Waals surface area (Å²) in [6.07, 6.45) is 4.45. The van der Waals surface area contributed by atoms with E-state index in [2.05, 4.69) is 0 Å². The highest BCUT2D eigenvalue weighted by Crippen LogP contribution is 2.14. The zero-order valence-corrected chi connectivity index (χ0v) is 8.90. The Labute approximate surface area is 89.6 Å². The van der Waals surface area contributed by atoms with E-state index in [1.165, 1.54) is 11.6 Å². The monoisotopic (exact) mass is 202 g/mol. The average molecular weight is 202 g/mol. The maximum Gasteiger partial charge on any atom is 0.328 e. The van der Waals surface area contributed by atoms with Crippen LogP contribution >= 0.6 is 0 Å². The first-order valence-electron chi connectivity index (χ1n) is 4.74. The molecule has 0 saturated heterocycles. The van der Waals surface area contributed by atoms with Gasteiger partial charge in [-0.1, -0.05) is 42.0 Å². The first kappa shape index (κ1) is 11.2. The van der Waals surface area contributed by atoms with Crippen LogP contribution in [-0.4, -0.2) is 11.1 Å². The maximum atomic E-state index is 10.2. The quantitative estimate of drug-likeness (QED) is 0.604. The van der Waals surface area contributed by atoms with Gasteiger partial charge in [-0.25, -0.2) is 4.79 Å². The largest absolute Gasteiger partial charge is 0.478 e. The molecule has 0 amide bonds. The standard InChI is InChI=1S/C13H14O2/c1-10-6-8-12(9-7-10)11(2)4-3-5-13(14)15/h3-9H,1-2H3,(H,14,15)/b5-3+,11-4+. The molecule has 0 atom stereocenters. The zero-order valence-electron chi connectivity index (χ0n) is 8.90. The van der Waals surface area contributed by atoms with Crippen molar-refractivity contribution in [3.05, 3.63) is 53.6 Å². The Hall–Kier alpha value is -1.83. The number of allylic oxidation sites excluding steroid dienone is 3. The van der Waals surface area contributed by atoms with Gasteiger partial charge in [0, 0.05) is 6.08 Å². The van der Waals surface area contributed by atoms with E-state index in [0.29, 0.717) is 0 Å². The van der Waals surface area contributed by atoms with Crippen molar-refractivity contribution >= 4 is 11.5 Å². The molecule has 0 aliphatic carbocycles. The van der Waals surface area contributed by atoms with Crippen LogP contribution in [0.15, 0.2) is 42.5 Å². The van der Waals surface area contributed by atoms with Gasteiger partial charge in [-0.3, -0.25) is 0 Å². The fraction of sp³-hybridized carbons (Fsp3) is 0.154. The molecule has 0 unspecified atom stereocenters. The molecule has 1 aromatic carbocycles. The SMILES string of the molecule is C/C(=C\C=C\C(=O)O)c1ccc(C)cc1. The van der Waals surface area contributed by atoms with Gasteiger partial charge >= 0.3 is 5.97 Å². The van der Waals surface area contributed by atoms with Crippen molar-refractivity contribution in [3.8, 4) is 0 Å². The lowest BCUT2D eigenvalue weighted by atomic mass is 10.1. The molecule has 0 fully saturated rings. The Balaban J connectivity index is 2.80. The van der Waals surface area contributed by atoms with Crippen LogP contribution in [0.1, 0.15) is 18.1 Å². The molecule has 2 nitrogen and oxygen atoms in total. The highest BCUT2D eigenvalue weighted by atomic mass is 16.4. The molecule has 0 spiro atoms. The summed E-state index contributed by atoms with van der Waals surface area (Å²) in [6.45, 7) is 3.99. The highest BCUT2D eigenvalue weighted by Gasteiger charge is 1.93. The predicted molar refractivity (Wildman–Crippen MR) is 61.6 cm³/mol. The first-order chi connectivity index (χ1) is 7.09. The predicted octanol–water partition coefficient (Wildman–Crippen LogP) is 3.04. The molecule has 0 radical (unpaired) electrons. The van der Waals surface area contributed by atoms with Crippen molar-refractivity contribution in [1.29, 1.82) is 0 Å². The van der Waals surface area contributed by atoms with E-state index < -0.39 is 5.97 Å². The van der Waals surface area contributed by atoms with Gasteiger partial charge in [-0.2, -0.15) is 0 Å². The lowest BCUT2D eigenvalue weighted by Gasteiger charge is -2.00. The second-order valence-corrected chi connectivity index (χ2v) is 3.41. The van der Waals surface area contributed by atoms with Crippen molar-refractivity contribution < 1.29 is 9.90 Å². The van der Waals surface area contributed by atoms with Crippen molar-refractivity contribution in [2.45, 2.75) is 13.8 Å². The summed E-state index contributed by atoms with van der Waals surface area (Å²) in [7, 11) is 0. The summed E-state index contributed by atoms with van der Waals surface area (Å²) < 4.78 is 0. The van der Waals surface area contributed by atoms with E-state index in [-0.39, 0.29) is 0 Å². The summed E-state index contributed by atoms with van der Waals surface area (Å²) in [4.78, 5) is 10.2. The van der Waals surface area contributed by atoms with Crippen molar-refractivity contribution in [1.82, 2.24) is 0 Å². The second-order valence-electron chi connectivity index (χ2n) is 3.41. The molecule has 0 saturated carbocycles. The van der Waals surface area contributed by atoms with Gasteiger partial charge in [0.05, 0.1) is 0 Å². The van der Waals surface area contributed by atoms with E-state index in [4.69, 9.17) is 5.11 Å². The Bertz CT molecular complexity index is 397. The number of aryl methyl sites for hydroxylation is 1. The number of rotatable bonds is 3. The smallest absolute Gasteiger partial charge is 0.328 e. The Kier molecular flexibility index (Phi) is 3.86. The fourth-order valence-corrected chi connectivity index (χ4v) is 1.19. The number of benzene rings is 1. The third kappa shape index (κ3) is 3.81. The molecule has 15 heavy (non-hydrogen) atoms. The lowest BCUT2D eigenvalue weighted by molar-refractivity contribution is -0.131. The Morgan fingerprint density at radius 3 is 2.40 bits per heavy atom. The summed E-state index contributed by atoms with van der Waals surface area (Å²) in [5.41, 5.74) is 3.37. The van der Waals surface area contributed by atoms with E-state index in [0.717, 1.165) is 17.2 Å². The molecule has 1 rings (SSSR count). The third-order valence-electron chi connectivity index (χ3n) is 2.09. The summed E-state index contributed by atoms with van der Waals surface area (Å²) in [6, 6.07) is 8.12. The highest BCUT2D eigenvalue weighted by molar-refractivity contribution is 5.80. The van der Waals surface area contributed by atoms with E-state index in [1.54, 1.807) is 6.08 Å². The third-order valence-corrected chi connectivity index (χ3v) is 2.09. The Morgan fingerprint density at radius 2 is 1.87 bits per heavy atom. The van der Waals surface area contributed by atoms with Gasteiger partial charge in [0.1, 0.15) is 0 Å². The van der Waals surface area contributed by atoms with Crippen LogP contribution in [0, 0.1) is 6.92 Å². The number of carboxylic acid groups (broad SMARTS) is 1. The van der Waals surface area contributed by atoms with Gasteiger partial charge in [0.2, 0.25) is 0 Å². The van der Waals surface area contributed by atoms with Crippen LogP contribution in [0.4, 0.5) is 0 Å². The van der Waals surface area contributed by atoms with Crippen LogP contribution in [0.25, 0.3) is 5.57 Å². The molecule has 0 heterocycles. The fourth-order valence-electron chi connectivity index (χ4n) is 1.19. The maximum absolute atomic E-state index is 10.2. The van der Waals surface area contributed by atoms with Crippen molar-refractivity contribution in [2.24, 2.45) is 0 Å². The normalized spacial score (nSPS) is 12.0. The number of hydrogen-bond donors (Lipinski definition) is 1. The minimum Gasteiger partial charge on any atom is -0.478 e. The number of aliphatic carboxylic acids is 1. The molecule has 78 valence electrons. The molecule has 1 N–H and O–H groups in total. The first-order valence-corrected chi connectivity index (χ1v) is 4.74. The van der Waals surface area contributed by atoms with Gasteiger partial charge in [-0.05, 0) is 25.0 Å². The van der Waals surface area contributed by atoms with Gasteiger partial charge in [-0.15, -0.1) is 0 Å². The van der Waals surface area contributed by atoms with Gasteiger partial charge < -0.3 is 5.11 Å². The zero-order chi connectivity index (χ0) is 11.3. The van der Waals surface area contributed by atoms with E-state index in [9.17, 15) is 4.79 Å². The van der Waals surface area contributed by atoms with Crippen molar-refractivity contribution in [2.75, 3.05) is 0 Å². The van der Waals surface area contributed by atoms with Crippen molar-refractivity contribution in [3.63, 3.8) is 0 Å². The van der Waals surface area contributed by atoms with E-state index >= 15 is 0 Å². The number of carbonyl (C=O) groups is 1. The number of carboxylic acids is 1. The minimum atomic E-state index is -0.928. The molecular formula is C13H14O2. The van der Waals surface area contributed by atoms with Crippen LogP contribution < -0.4 is 0 Å². The summed E-state index contributed by atoms with van der Waals surface area (Å²) in [5, 5.41) is 8.42. The van der Waals surface area contributed by atoms with Crippen LogP contribution in [0.5, 0.6) is 0 Å². The van der Waals surface area contributed by atoms with E-state index in [1.807, 2.05) is 38.1 Å². The minimum absolute atomic E-state index is 0.928. The number of hydrogen-bond acceptors (Lipinski definition) is 1. The van der Waals surface area contributed by atoms with Crippen LogP contribution in [0.2, 0.25) is 0 Å². The van der Waals surface area contributed by atoms with Crippen LogP contribution in [0.3, 0.4) is 0 Å². The molecule has 2 heteroatoms. The summed E-state index contributed by atoms with van der Waals surface area (Å²) in [5.74, 6) is -0.928. The second kappa shape index (κ2) is 5.15. The average Bonchev–Trinajstić information content (AvgIpc) is 2.18. The molecule has 0 aliphatic rings. The van der Waals surface area contributed by atoms with Gasteiger partial charge in [0.25, 0.3) is 0 Å². The topological polar surface area (TPSA) is 37.3 Å².